The Hall–Kier alpha value is -1.56. The first-order chi connectivity index (χ1) is 9.32. The zero-order valence-corrected chi connectivity index (χ0v) is 11.2. The molecule has 1 aliphatic carbocycles. The van der Waals surface area contributed by atoms with Crippen LogP contribution in [0.2, 0.25) is 0 Å². The normalized spacial score (nSPS) is 14.2. The predicted molar refractivity (Wildman–Crippen MR) is 68.7 cm³/mol. The Labute approximate surface area is 115 Å². The zero-order valence-electron chi connectivity index (χ0n) is 11.2. The molecule has 0 unspecified atom stereocenters. The van der Waals surface area contributed by atoms with E-state index in [1.165, 1.54) is 12.8 Å². The molecule has 0 bridgehead atoms. The molecule has 0 aromatic heterocycles. The van der Waals surface area contributed by atoms with Crippen molar-refractivity contribution in [3.8, 4) is 0 Å². The van der Waals surface area contributed by atoms with E-state index in [2.05, 4.69) is 6.92 Å². The van der Waals surface area contributed by atoms with Crippen LogP contribution in [0.15, 0.2) is 24.3 Å². The molecule has 6 heteroatoms. The van der Waals surface area contributed by atoms with Crippen molar-refractivity contribution >= 4 is 5.91 Å². The molecule has 1 fully saturated rings. The van der Waals surface area contributed by atoms with Crippen LogP contribution in [0.25, 0.3) is 0 Å². The molecule has 1 amide bonds. The number of alkyl halides is 3. The first kappa shape index (κ1) is 16.5. The summed E-state index contributed by atoms with van der Waals surface area (Å²) in [5, 5.41) is 10.5. The first-order valence-corrected chi connectivity index (χ1v) is 6.36. The topological polar surface area (TPSA) is 49.3 Å². The van der Waals surface area contributed by atoms with Gasteiger partial charge < -0.3 is 10.4 Å². The fourth-order valence-electron chi connectivity index (χ4n) is 1.21. The highest BCUT2D eigenvalue weighted by Gasteiger charge is 2.38. The second-order valence-electron chi connectivity index (χ2n) is 4.84. The molecule has 1 aromatic carbocycles. The monoisotopic (exact) mass is 289 g/mol. The second-order valence-corrected chi connectivity index (χ2v) is 4.84. The SMILES string of the molecule is CC1CC1.O=C(NCc1ccc(CO)cc1)C(F)(F)F. The largest absolute Gasteiger partial charge is 0.471 e. The molecule has 0 radical (unpaired) electrons. The molecule has 0 aliphatic heterocycles. The van der Waals surface area contributed by atoms with Gasteiger partial charge >= 0.3 is 12.1 Å². The van der Waals surface area contributed by atoms with E-state index in [1.807, 2.05) is 0 Å². The Bertz CT molecular complexity index is 425. The number of benzene rings is 1. The third kappa shape index (κ3) is 6.56. The maximum atomic E-state index is 11.8. The van der Waals surface area contributed by atoms with Gasteiger partial charge in [0.15, 0.2) is 0 Å². The maximum absolute atomic E-state index is 11.8. The molecular formula is C14H18F3NO2. The van der Waals surface area contributed by atoms with Crippen molar-refractivity contribution in [3.05, 3.63) is 35.4 Å². The molecule has 0 heterocycles. The molecule has 0 spiro atoms. The fourth-order valence-corrected chi connectivity index (χ4v) is 1.21. The molecule has 2 N–H and O–H groups in total. The number of aliphatic hydroxyl groups excluding tert-OH is 1. The highest BCUT2D eigenvalue weighted by atomic mass is 19.4. The Morgan fingerprint density at radius 3 is 2.05 bits per heavy atom. The van der Waals surface area contributed by atoms with Crippen molar-refractivity contribution in [2.45, 2.75) is 39.1 Å². The minimum absolute atomic E-state index is 0.130. The van der Waals surface area contributed by atoms with Gasteiger partial charge in [-0.1, -0.05) is 44.0 Å². The van der Waals surface area contributed by atoms with E-state index in [0.29, 0.717) is 11.1 Å². The van der Waals surface area contributed by atoms with Crippen molar-refractivity contribution in [1.29, 1.82) is 0 Å². The lowest BCUT2D eigenvalue weighted by atomic mass is 10.1. The van der Waals surface area contributed by atoms with Gasteiger partial charge in [-0.2, -0.15) is 13.2 Å². The van der Waals surface area contributed by atoms with Gasteiger partial charge in [0, 0.05) is 6.54 Å². The average Bonchev–Trinajstić information content (AvgIpc) is 3.18. The molecule has 0 atom stereocenters. The number of nitrogens with one attached hydrogen (secondary N) is 1. The lowest BCUT2D eigenvalue weighted by Gasteiger charge is -2.08. The number of rotatable bonds is 3. The van der Waals surface area contributed by atoms with E-state index in [4.69, 9.17) is 5.11 Å². The van der Waals surface area contributed by atoms with Crippen molar-refractivity contribution < 1.29 is 23.1 Å². The molecule has 20 heavy (non-hydrogen) atoms. The van der Waals surface area contributed by atoms with Crippen LogP contribution < -0.4 is 5.32 Å². The summed E-state index contributed by atoms with van der Waals surface area (Å²) in [6, 6.07) is 6.24. The third-order valence-corrected chi connectivity index (χ3v) is 2.78. The van der Waals surface area contributed by atoms with E-state index in [-0.39, 0.29) is 13.2 Å². The lowest BCUT2D eigenvalue weighted by Crippen LogP contribution is -2.36. The third-order valence-electron chi connectivity index (χ3n) is 2.78. The van der Waals surface area contributed by atoms with E-state index < -0.39 is 12.1 Å². The Morgan fingerprint density at radius 2 is 1.70 bits per heavy atom. The summed E-state index contributed by atoms with van der Waals surface area (Å²) < 4.78 is 35.5. The van der Waals surface area contributed by atoms with Crippen molar-refractivity contribution in [1.82, 2.24) is 5.32 Å². The number of aliphatic hydroxyl groups is 1. The molecule has 2 rings (SSSR count). The smallest absolute Gasteiger partial charge is 0.392 e. The number of hydrogen-bond acceptors (Lipinski definition) is 2. The number of amides is 1. The molecular weight excluding hydrogens is 271 g/mol. The van der Waals surface area contributed by atoms with Crippen LogP contribution >= 0.6 is 0 Å². The van der Waals surface area contributed by atoms with E-state index in [9.17, 15) is 18.0 Å². The van der Waals surface area contributed by atoms with Gasteiger partial charge in [0.05, 0.1) is 6.61 Å². The van der Waals surface area contributed by atoms with Crippen LogP contribution in [-0.4, -0.2) is 17.2 Å². The number of carbonyl (C=O) groups is 1. The van der Waals surface area contributed by atoms with Crippen LogP contribution in [0.4, 0.5) is 13.2 Å². The highest BCUT2D eigenvalue weighted by Crippen LogP contribution is 2.26. The molecule has 1 saturated carbocycles. The van der Waals surface area contributed by atoms with Crippen LogP contribution in [0.3, 0.4) is 0 Å². The lowest BCUT2D eigenvalue weighted by molar-refractivity contribution is -0.173. The zero-order chi connectivity index (χ0) is 15.2. The fraction of sp³-hybridized carbons (Fsp3) is 0.500. The molecule has 112 valence electrons. The summed E-state index contributed by atoms with van der Waals surface area (Å²) in [6.45, 7) is 1.96. The Balaban J connectivity index is 0.000000425. The van der Waals surface area contributed by atoms with Gasteiger partial charge in [0.25, 0.3) is 0 Å². The minimum atomic E-state index is -4.86. The summed E-state index contributed by atoms with van der Waals surface area (Å²) in [5.74, 6) is -0.876. The van der Waals surface area contributed by atoms with Crippen LogP contribution in [0.5, 0.6) is 0 Å². The van der Waals surface area contributed by atoms with Gasteiger partial charge in [-0.25, -0.2) is 0 Å². The summed E-state index contributed by atoms with van der Waals surface area (Å²) >= 11 is 0. The van der Waals surface area contributed by atoms with Gasteiger partial charge in [-0.3, -0.25) is 4.79 Å². The Kier molecular flexibility index (Phi) is 6.01. The highest BCUT2D eigenvalue weighted by molar-refractivity contribution is 5.81. The van der Waals surface area contributed by atoms with Crippen molar-refractivity contribution in [2.75, 3.05) is 0 Å². The average molecular weight is 289 g/mol. The van der Waals surface area contributed by atoms with Gasteiger partial charge in [0.2, 0.25) is 0 Å². The van der Waals surface area contributed by atoms with E-state index in [0.717, 1.165) is 5.92 Å². The van der Waals surface area contributed by atoms with Gasteiger partial charge in [0.1, 0.15) is 0 Å². The summed E-state index contributed by atoms with van der Waals surface area (Å²) in [6.07, 6.45) is -1.88. The standard InChI is InChI=1S/C10H10F3NO2.C4H8/c11-10(12,13)9(16)14-5-7-1-3-8(6-15)4-2-7;1-4-2-3-4/h1-4,15H,5-6H2,(H,14,16);4H,2-3H2,1H3. The minimum Gasteiger partial charge on any atom is -0.392 e. The van der Waals surface area contributed by atoms with Crippen molar-refractivity contribution in [3.63, 3.8) is 0 Å². The van der Waals surface area contributed by atoms with E-state index >= 15 is 0 Å². The van der Waals surface area contributed by atoms with Crippen LogP contribution in [-0.2, 0) is 17.9 Å². The van der Waals surface area contributed by atoms with Crippen LogP contribution in [0, 0.1) is 5.92 Å². The first-order valence-electron chi connectivity index (χ1n) is 6.36. The van der Waals surface area contributed by atoms with Gasteiger partial charge in [-0.05, 0) is 17.0 Å². The number of carbonyl (C=O) groups excluding carboxylic acids is 1. The summed E-state index contributed by atoms with van der Waals surface area (Å²) in [5.41, 5.74) is 1.20. The molecule has 1 aliphatic rings. The molecule has 3 nitrogen and oxygen atoms in total. The van der Waals surface area contributed by atoms with Gasteiger partial charge in [-0.15, -0.1) is 0 Å². The van der Waals surface area contributed by atoms with Crippen LogP contribution in [0.1, 0.15) is 30.9 Å². The van der Waals surface area contributed by atoms with E-state index in [1.54, 1.807) is 29.6 Å². The molecule has 0 saturated heterocycles. The quantitative estimate of drug-likeness (QED) is 0.899. The second kappa shape index (κ2) is 7.28. The Morgan fingerprint density at radius 1 is 1.25 bits per heavy atom. The predicted octanol–water partition coefficient (Wildman–Crippen LogP) is 2.77. The summed E-state index contributed by atoms with van der Waals surface area (Å²) in [7, 11) is 0. The number of hydrogen-bond donors (Lipinski definition) is 2. The maximum Gasteiger partial charge on any atom is 0.471 e. The molecule has 1 aromatic rings. The summed E-state index contributed by atoms with van der Waals surface area (Å²) in [4.78, 5) is 10.5. The van der Waals surface area contributed by atoms with Crippen molar-refractivity contribution in [2.24, 2.45) is 5.92 Å². The number of halogens is 3.